The maximum atomic E-state index is 13.4. The van der Waals surface area contributed by atoms with E-state index in [1.165, 1.54) is 18.6 Å². The van der Waals surface area contributed by atoms with Gasteiger partial charge in [-0.05, 0) is 37.0 Å². The summed E-state index contributed by atoms with van der Waals surface area (Å²) in [5, 5.41) is 0. The molecule has 0 aliphatic heterocycles. The van der Waals surface area contributed by atoms with Gasteiger partial charge in [-0.3, -0.25) is 4.79 Å². The summed E-state index contributed by atoms with van der Waals surface area (Å²) in [7, 11) is 1.81. The van der Waals surface area contributed by atoms with E-state index in [9.17, 15) is 9.18 Å². The normalized spacial score (nSPS) is 23.1. The smallest absolute Gasteiger partial charge is 0.253 e. The fraction of sp³-hybridized carbons (Fsp3) is 0.533. The summed E-state index contributed by atoms with van der Waals surface area (Å²) in [5.41, 5.74) is 5.87. The predicted octanol–water partition coefficient (Wildman–Crippen LogP) is 3.06. The molecule has 0 heterocycles. The van der Waals surface area contributed by atoms with Crippen LogP contribution in [0.25, 0.3) is 0 Å². The Balaban J connectivity index is 2.15. The van der Waals surface area contributed by atoms with Crippen LogP contribution in [0.15, 0.2) is 18.2 Å². The van der Waals surface area contributed by atoms with Crippen LogP contribution < -0.4 is 5.73 Å². The van der Waals surface area contributed by atoms with Crippen LogP contribution in [-0.4, -0.2) is 23.9 Å². The van der Waals surface area contributed by atoms with Crippen molar-refractivity contribution in [1.29, 1.82) is 0 Å². The SMILES string of the molecule is CC1CCCCC1N(C)C(=O)c1ccc(N)c(F)c1. The highest BCUT2D eigenvalue weighted by atomic mass is 19.1. The largest absolute Gasteiger partial charge is 0.396 e. The quantitative estimate of drug-likeness (QED) is 0.834. The van der Waals surface area contributed by atoms with Crippen molar-refractivity contribution in [2.75, 3.05) is 12.8 Å². The third-order valence-corrected chi connectivity index (χ3v) is 4.13. The first-order valence-electron chi connectivity index (χ1n) is 6.83. The van der Waals surface area contributed by atoms with E-state index in [1.54, 1.807) is 11.0 Å². The number of nitrogen functional groups attached to an aromatic ring is 1. The van der Waals surface area contributed by atoms with Crippen molar-refractivity contribution >= 4 is 11.6 Å². The number of hydrogen-bond donors (Lipinski definition) is 1. The minimum absolute atomic E-state index is 0.0743. The maximum Gasteiger partial charge on any atom is 0.253 e. The molecule has 2 rings (SSSR count). The molecule has 1 aliphatic carbocycles. The minimum atomic E-state index is -0.532. The molecule has 104 valence electrons. The molecule has 2 unspecified atom stereocenters. The Labute approximate surface area is 113 Å². The molecule has 0 bridgehead atoms. The lowest BCUT2D eigenvalue weighted by atomic mass is 9.85. The number of nitrogens with two attached hydrogens (primary N) is 1. The van der Waals surface area contributed by atoms with Gasteiger partial charge >= 0.3 is 0 Å². The summed E-state index contributed by atoms with van der Waals surface area (Å²) in [5.74, 6) is -0.157. The van der Waals surface area contributed by atoms with Crippen molar-refractivity contribution < 1.29 is 9.18 Å². The lowest BCUT2D eigenvalue weighted by Crippen LogP contribution is -2.42. The zero-order chi connectivity index (χ0) is 14.0. The molecule has 0 aromatic heterocycles. The van der Waals surface area contributed by atoms with Crippen molar-refractivity contribution in [3.8, 4) is 0 Å². The highest BCUT2D eigenvalue weighted by molar-refractivity contribution is 5.94. The molecule has 19 heavy (non-hydrogen) atoms. The topological polar surface area (TPSA) is 46.3 Å². The van der Waals surface area contributed by atoms with Crippen LogP contribution in [0.1, 0.15) is 43.0 Å². The summed E-state index contributed by atoms with van der Waals surface area (Å²) in [6.45, 7) is 2.18. The molecule has 3 nitrogen and oxygen atoms in total. The highest BCUT2D eigenvalue weighted by Crippen LogP contribution is 2.28. The van der Waals surface area contributed by atoms with Crippen molar-refractivity contribution in [1.82, 2.24) is 4.90 Å². The lowest BCUT2D eigenvalue weighted by molar-refractivity contribution is 0.0628. The van der Waals surface area contributed by atoms with Gasteiger partial charge in [0.1, 0.15) is 5.82 Å². The Kier molecular flexibility index (Phi) is 4.08. The van der Waals surface area contributed by atoms with E-state index < -0.39 is 5.82 Å². The molecule has 0 spiro atoms. The zero-order valence-corrected chi connectivity index (χ0v) is 11.5. The molecule has 1 aliphatic rings. The minimum Gasteiger partial charge on any atom is -0.396 e. The van der Waals surface area contributed by atoms with E-state index >= 15 is 0 Å². The molecular formula is C15H21FN2O. The van der Waals surface area contributed by atoms with Gasteiger partial charge in [0.2, 0.25) is 0 Å². The van der Waals surface area contributed by atoms with Gasteiger partial charge in [0.05, 0.1) is 5.69 Å². The molecule has 0 radical (unpaired) electrons. The monoisotopic (exact) mass is 264 g/mol. The molecule has 1 aromatic rings. The predicted molar refractivity (Wildman–Crippen MR) is 74.3 cm³/mol. The number of hydrogen-bond acceptors (Lipinski definition) is 2. The summed E-state index contributed by atoms with van der Waals surface area (Å²) in [4.78, 5) is 14.1. The van der Waals surface area contributed by atoms with E-state index in [0.717, 1.165) is 19.3 Å². The molecule has 1 aromatic carbocycles. The Morgan fingerprint density at radius 1 is 1.37 bits per heavy atom. The molecule has 2 atom stereocenters. The van der Waals surface area contributed by atoms with E-state index in [1.807, 2.05) is 7.05 Å². The van der Waals surface area contributed by atoms with Crippen molar-refractivity contribution in [2.24, 2.45) is 5.92 Å². The number of carbonyl (C=O) groups is 1. The third kappa shape index (κ3) is 2.88. The van der Waals surface area contributed by atoms with Gasteiger partial charge in [0, 0.05) is 18.7 Å². The number of nitrogens with zero attached hydrogens (tertiary/aromatic N) is 1. The third-order valence-electron chi connectivity index (χ3n) is 4.13. The zero-order valence-electron chi connectivity index (χ0n) is 11.5. The maximum absolute atomic E-state index is 13.4. The van der Waals surface area contributed by atoms with Crippen LogP contribution in [0.3, 0.4) is 0 Å². The Bertz CT molecular complexity index is 475. The first-order valence-corrected chi connectivity index (χ1v) is 6.83. The summed E-state index contributed by atoms with van der Waals surface area (Å²) < 4.78 is 13.4. The second-order valence-electron chi connectivity index (χ2n) is 5.48. The van der Waals surface area contributed by atoms with Crippen LogP contribution in [0, 0.1) is 11.7 Å². The van der Waals surface area contributed by atoms with Gasteiger partial charge in [0.25, 0.3) is 5.91 Å². The van der Waals surface area contributed by atoms with Crippen molar-refractivity contribution in [3.05, 3.63) is 29.6 Å². The van der Waals surface area contributed by atoms with Crippen molar-refractivity contribution in [3.63, 3.8) is 0 Å². The van der Waals surface area contributed by atoms with E-state index in [0.29, 0.717) is 11.5 Å². The van der Waals surface area contributed by atoms with Crippen LogP contribution in [0.2, 0.25) is 0 Å². The molecule has 1 amide bonds. The Hall–Kier alpha value is -1.58. The molecule has 1 fully saturated rings. The number of amides is 1. The second kappa shape index (κ2) is 5.59. The summed E-state index contributed by atoms with van der Waals surface area (Å²) in [6.07, 6.45) is 4.57. The number of halogens is 1. The van der Waals surface area contributed by atoms with E-state index in [-0.39, 0.29) is 17.6 Å². The van der Waals surface area contributed by atoms with Gasteiger partial charge in [0.15, 0.2) is 0 Å². The fourth-order valence-electron chi connectivity index (χ4n) is 2.89. The number of rotatable bonds is 2. The van der Waals surface area contributed by atoms with Gasteiger partial charge in [-0.1, -0.05) is 19.8 Å². The van der Waals surface area contributed by atoms with Gasteiger partial charge in [-0.2, -0.15) is 0 Å². The highest BCUT2D eigenvalue weighted by Gasteiger charge is 2.28. The summed E-state index contributed by atoms with van der Waals surface area (Å²) >= 11 is 0. The van der Waals surface area contributed by atoms with Gasteiger partial charge in [-0.15, -0.1) is 0 Å². The Morgan fingerprint density at radius 3 is 2.68 bits per heavy atom. The van der Waals surface area contributed by atoms with Gasteiger partial charge in [-0.25, -0.2) is 4.39 Å². The molecule has 1 saturated carbocycles. The first-order chi connectivity index (χ1) is 9.00. The molecule has 0 saturated heterocycles. The molecular weight excluding hydrogens is 243 g/mol. The van der Waals surface area contributed by atoms with Crippen LogP contribution in [0.4, 0.5) is 10.1 Å². The lowest BCUT2D eigenvalue weighted by Gasteiger charge is -2.36. The second-order valence-corrected chi connectivity index (χ2v) is 5.48. The van der Waals surface area contributed by atoms with E-state index in [4.69, 9.17) is 5.73 Å². The number of anilines is 1. The van der Waals surface area contributed by atoms with Gasteiger partial charge < -0.3 is 10.6 Å². The average Bonchev–Trinajstić information content (AvgIpc) is 2.41. The number of carbonyl (C=O) groups excluding carboxylic acids is 1. The Morgan fingerprint density at radius 2 is 2.05 bits per heavy atom. The number of benzene rings is 1. The van der Waals surface area contributed by atoms with E-state index in [2.05, 4.69) is 6.92 Å². The first kappa shape index (κ1) is 13.8. The van der Waals surface area contributed by atoms with Crippen LogP contribution >= 0.6 is 0 Å². The summed E-state index contributed by atoms with van der Waals surface area (Å²) in [6, 6.07) is 4.51. The molecule has 4 heteroatoms. The molecule has 2 N–H and O–H groups in total. The van der Waals surface area contributed by atoms with Crippen molar-refractivity contribution in [2.45, 2.75) is 38.6 Å². The fourth-order valence-corrected chi connectivity index (χ4v) is 2.89. The average molecular weight is 264 g/mol. The van der Waals surface area contributed by atoms with Crippen LogP contribution in [-0.2, 0) is 0 Å². The van der Waals surface area contributed by atoms with Crippen LogP contribution in [0.5, 0.6) is 0 Å². The standard InChI is InChI=1S/C15H21FN2O/c1-10-5-3-4-6-14(10)18(2)15(19)11-7-8-13(17)12(16)9-11/h7-10,14H,3-6,17H2,1-2H3.